The number of nitro groups is 1. The molecule has 0 aliphatic rings. The standard InChI is InChI=1S/C15H17NO6/c17-9-5-1-2-6-10-21-14-11-7-3-4-8-12(11)22-15(18)13(14)16(19)20/h3-4,7-8,17H,1-2,5-6,9-10H2. The molecule has 0 saturated carbocycles. The van der Waals surface area contributed by atoms with E-state index in [1.807, 2.05) is 0 Å². The first-order chi connectivity index (χ1) is 10.6. The van der Waals surface area contributed by atoms with Crippen LogP contribution >= 0.6 is 0 Å². The summed E-state index contributed by atoms with van der Waals surface area (Å²) in [4.78, 5) is 22.1. The fourth-order valence-corrected chi connectivity index (χ4v) is 2.16. The Hall–Kier alpha value is -2.41. The first kappa shape index (κ1) is 16.0. The number of ether oxygens (including phenoxy) is 1. The van der Waals surface area contributed by atoms with Crippen LogP contribution in [0.2, 0.25) is 0 Å². The Labute approximate surface area is 126 Å². The number of fused-ring (bicyclic) bond motifs is 1. The lowest BCUT2D eigenvalue weighted by Gasteiger charge is -2.08. The summed E-state index contributed by atoms with van der Waals surface area (Å²) in [6, 6.07) is 6.55. The molecular formula is C15H17NO6. The molecule has 2 aromatic rings. The summed E-state index contributed by atoms with van der Waals surface area (Å²) in [7, 11) is 0. The van der Waals surface area contributed by atoms with Gasteiger partial charge in [-0.05, 0) is 31.4 Å². The number of aliphatic hydroxyl groups excluding tert-OH is 1. The summed E-state index contributed by atoms with van der Waals surface area (Å²) < 4.78 is 10.5. The maximum Gasteiger partial charge on any atom is 0.419 e. The average Bonchev–Trinajstić information content (AvgIpc) is 2.49. The quantitative estimate of drug-likeness (QED) is 0.348. The molecule has 0 saturated heterocycles. The van der Waals surface area contributed by atoms with Crippen LogP contribution in [0.15, 0.2) is 33.5 Å². The van der Waals surface area contributed by atoms with E-state index in [2.05, 4.69) is 0 Å². The van der Waals surface area contributed by atoms with Gasteiger partial charge in [-0.3, -0.25) is 10.1 Å². The summed E-state index contributed by atoms with van der Waals surface area (Å²) >= 11 is 0. The van der Waals surface area contributed by atoms with Gasteiger partial charge in [0.05, 0.1) is 16.9 Å². The maximum absolute atomic E-state index is 11.8. The smallest absolute Gasteiger partial charge is 0.419 e. The van der Waals surface area contributed by atoms with Gasteiger partial charge in [-0.1, -0.05) is 18.6 Å². The van der Waals surface area contributed by atoms with Gasteiger partial charge in [-0.25, -0.2) is 4.79 Å². The third-order valence-corrected chi connectivity index (χ3v) is 3.22. The Morgan fingerprint density at radius 2 is 1.91 bits per heavy atom. The molecule has 0 radical (unpaired) electrons. The van der Waals surface area contributed by atoms with Gasteiger partial charge >= 0.3 is 11.3 Å². The minimum absolute atomic E-state index is 0.0426. The lowest BCUT2D eigenvalue weighted by atomic mass is 10.2. The SMILES string of the molecule is O=c1oc2ccccc2c(OCCCCCCO)c1[N+](=O)[O-]. The number of benzene rings is 1. The molecular weight excluding hydrogens is 290 g/mol. The van der Waals surface area contributed by atoms with Crippen LogP contribution < -0.4 is 10.4 Å². The number of aliphatic hydroxyl groups is 1. The Bertz CT molecular complexity index is 709. The molecule has 1 heterocycles. The zero-order valence-corrected chi connectivity index (χ0v) is 12.0. The van der Waals surface area contributed by atoms with Crippen molar-refractivity contribution in [2.75, 3.05) is 13.2 Å². The van der Waals surface area contributed by atoms with E-state index in [0.717, 1.165) is 19.3 Å². The number of hydrogen-bond donors (Lipinski definition) is 1. The van der Waals surface area contributed by atoms with Crippen LogP contribution in [-0.2, 0) is 0 Å². The first-order valence-corrected chi connectivity index (χ1v) is 7.09. The molecule has 0 aliphatic carbocycles. The third kappa shape index (κ3) is 3.62. The molecule has 0 fully saturated rings. The lowest BCUT2D eigenvalue weighted by molar-refractivity contribution is -0.388. The zero-order valence-electron chi connectivity index (χ0n) is 12.0. The molecule has 0 atom stereocenters. The normalized spacial score (nSPS) is 10.8. The highest BCUT2D eigenvalue weighted by atomic mass is 16.6. The van der Waals surface area contributed by atoms with Gasteiger partial charge < -0.3 is 14.3 Å². The van der Waals surface area contributed by atoms with Gasteiger partial charge in [0.1, 0.15) is 5.58 Å². The van der Waals surface area contributed by atoms with E-state index in [-0.39, 0.29) is 24.5 Å². The zero-order chi connectivity index (χ0) is 15.9. The summed E-state index contributed by atoms with van der Waals surface area (Å²) in [5, 5.41) is 20.2. The molecule has 1 aromatic carbocycles. The second kappa shape index (κ2) is 7.56. The van der Waals surface area contributed by atoms with E-state index in [0.29, 0.717) is 11.8 Å². The summed E-state index contributed by atoms with van der Waals surface area (Å²) in [5.74, 6) is -0.0426. The monoisotopic (exact) mass is 307 g/mol. The van der Waals surface area contributed by atoms with Crippen molar-refractivity contribution in [1.29, 1.82) is 0 Å². The van der Waals surface area contributed by atoms with E-state index < -0.39 is 16.2 Å². The highest BCUT2D eigenvalue weighted by Gasteiger charge is 2.26. The van der Waals surface area contributed by atoms with Gasteiger partial charge in [-0.2, -0.15) is 0 Å². The second-order valence-corrected chi connectivity index (χ2v) is 4.81. The van der Waals surface area contributed by atoms with E-state index >= 15 is 0 Å². The van der Waals surface area contributed by atoms with Gasteiger partial charge in [0.2, 0.25) is 5.75 Å². The molecule has 0 aliphatic heterocycles. The number of nitrogens with zero attached hydrogens (tertiary/aromatic N) is 1. The Balaban J connectivity index is 2.24. The number of rotatable bonds is 8. The predicted octanol–water partition coefficient (Wildman–Crippen LogP) is 2.63. The van der Waals surface area contributed by atoms with Crippen molar-refractivity contribution in [1.82, 2.24) is 0 Å². The van der Waals surface area contributed by atoms with Gasteiger partial charge in [0.15, 0.2) is 0 Å². The van der Waals surface area contributed by atoms with Crippen LogP contribution in [0.5, 0.6) is 5.75 Å². The molecule has 0 unspecified atom stereocenters. The molecule has 22 heavy (non-hydrogen) atoms. The largest absolute Gasteiger partial charge is 0.486 e. The van der Waals surface area contributed by atoms with Crippen molar-refractivity contribution in [2.24, 2.45) is 0 Å². The average molecular weight is 307 g/mol. The van der Waals surface area contributed by atoms with Crippen molar-refractivity contribution in [2.45, 2.75) is 25.7 Å². The van der Waals surface area contributed by atoms with E-state index in [4.69, 9.17) is 14.3 Å². The fraction of sp³-hybridized carbons (Fsp3) is 0.400. The van der Waals surface area contributed by atoms with Crippen LogP contribution in [0.4, 0.5) is 5.69 Å². The van der Waals surface area contributed by atoms with E-state index in [9.17, 15) is 14.9 Å². The highest BCUT2D eigenvalue weighted by Crippen LogP contribution is 2.32. The Morgan fingerprint density at radius 3 is 2.64 bits per heavy atom. The molecule has 1 N–H and O–H groups in total. The molecule has 1 aromatic heterocycles. The van der Waals surface area contributed by atoms with Crippen LogP contribution in [0.3, 0.4) is 0 Å². The van der Waals surface area contributed by atoms with E-state index in [1.54, 1.807) is 24.3 Å². The number of para-hydroxylation sites is 1. The molecule has 118 valence electrons. The molecule has 0 bridgehead atoms. The Morgan fingerprint density at radius 1 is 1.18 bits per heavy atom. The maximum atomic E-state index is 11.8. The van der Waals surface area contributed by atoms with Gasteiger partial charge in [0, 0.05) is 6.61 Å². The first-order valence-electron chi connectivity index (χ1n) is 7.09. The van der Waals surface area contributed by atoms with Crippen molar-refractivity contribution >= 4 is 16.7 Å². The van der Waals surface area contributed by atoms with E-state index in [1.165, 1.54) is 0 Å². The molecule has 2 rings (SSSR count). The third-order valence-electron chi connectivity index (χ3n) is 3.22. The molecule has 0 amide bonds. The molecule has 0 spiro atoms. The lowest BCUT2D eigenvalue weighted by Crippen LogP contribution is -2.11. The highest BCUT2D eigenvalue weighted by molar-refractivity contribution is 5.86. The summed E-state index contributed by atoms with van der Waals surface area (Å²) in [5.41, 5.74) is -1.43. The van der Waals surface area contributed by atoms with Crippen LogP contribution in [0, 0.1) is 10.1 Å². The predicted molar refractivity (Wildman–Crippen MR) is 80.2 cm³/mol. The number of hydrogen-bond acceptors (Lipinski definition) is 6. The van der Waals surface area contributed by atoms with Crippen molar-refractivity contribution in [3.05, 3.63) is 44.8 Å². The fourth-order valence-electron chi connectivity index (χ4n) is 2.16. The molecule has 7 nitrogen and oxygen atoms in total. The van der Waals surface area contributed by atoms with Crippen LogP contribution in [-0.4, -0.2) is 23.2 Å². The van der Waals surface area contributed by atoms with Crippen LogP contribution in [0.25, 0.3) is 11.0 Å². The summed E-state index contributed by atoms with van der Waals surface area (Å²) in [6.45, 7) is 0.413. The molecule has 7 heteroatoms. The van der Waals surface area contributed by atoms with Gasteiger partial charge in [-0.15, -0.1) is 0 Å². The minimum atomic E-state index is -1.01. The second-order valence-electron chi connectivity index (χ2n) is 4.81. The van der Waals surface area contributed by atoms with Crippen molar-refractivity contribution < 1.29 is 19.2 Å². The summed E-state index contributed by atoms with van der Waals surface area (Å²) in [6.07, 6.45) is 3.11. The number of unbranched alkanes of at least 4 members (excludes halogenated alkanes) is 3. The minimum Gasteiger partial charge on any atom is -0.486 e. The van der Waals surface area contributed by atoms with Crippen molar-refractivity contribution in [3.8, 4) is 5.75 Å². The topological polar surface area (TPSA) is 103 Å². The Kier molecular flexibility index (Phi) is 5.48. The van der Waals surface area contributed by atoms with Gasteiger partial charge in [0.25, 0.3) is 0 Å². The van der Waals surface area contributed by atoms with Crippen LogP contribution in [0.1, 0.15) is 25.7 Å². The van der Waals surface area contributed by atoms with Crippen molar-refractivity contribution in [3.63, 3.8) is 0 Å².